The second-order valence-electron chi connectivity index (χ2n) is 5.37. The summed E-state index contributed by atoms with van der Waals surface area (Å²) < 4.78 is 10.5. The van der Waals surface area contributed by atoms with Gasteiger partial charge in [-0.25, -0.2) is 0 Å². The fraction of sp³-hybridized carbons (Fsp3) is 0.158. The summed E-state index contributed by atoms with van der Waals surface area (Å²) in [5, 5.41) is 20.8. The minimum absolute atomic E-state index is 0.0270. The van der Waals surface area contributed by atoms with Crippen LogP contribution in [-0.2, 0) is 6.42 Å². The number of phenols is 2. The molecule has 25 heavy (non-hydrogen) atoms. The lowest BCUT2D eigenvalue weighted by atomic mass is 10.1. The molecule has 0 amide bonds. The molecule has 1 aromatic heterocycles. The summed E-state index contributed by atoms with van der Waals surface area (Å²) in [5.74, 6) is 1.27. The van der Waals surface area contributed by atoms with Crippen LogP contribution < -0.4 is 9.47 Å². The predicted octanol–water partition coefficient (Wildman–Crippen LogP) is 3.61. The first kappa shape index (κ1) is 16.6. The Morgan fingerprint density at radius 3 is 2.64 bits per heavy atom. The fourth-order valence-corrected chi connectivity index (χ4v) is 2.55. The van der Waals surface area contributed by atoms with E-state index in [1.165, 1.54) is 6.07 Å². The summed E-state index contributed by atoms with van der Waals surface area (Å²) in [4.78, 5) is 8.36. The number of ether oxygens (including phenoxy) is 2. The van der Waals surface area contributed by atoms with Gasteiger partial charge in [-0.2, -0.15) is 0 Å². The van der Waals surface area contributed by atoms with Crippen LogP contribution in [0, 0.1) is 0 Å². The second kappa shape index (κ2) is 7.09. The number of nitrogens with zero attached hydrogens (tertiary/aromatic N) is 2. The van der Waals surface area contributed by atoms with Crippen LogP contribution in [0.5, 0.6) is 23.0 Å². The van der Waals surface area contributed by atoms with Gasteiger partial charge in [0.2, 0.25) is 0 Å². The number of hydrogen-bond donors (Lipinski definition) is 2. The molecule has 1 heterocycles. The number of hydrogen-bond acceptors (Lipinski definition) is 6. The van der Waals surface area contributed by atoms with Gasteiger partial charge in [-0.15, -0.1) is 0 Å². The molecule has 0 unspecified atom stereocenters. The SMILES string of the molecule is COc1ccc(CC=Nc2cc(O)c3cccnc3c2O)cc1OC. The molecule has 6 heteroatoms. The number of pyridine rings is 1. The Labute approximate surface area is 145 Å². The van der Waals surface area contributed by atoms with Gasteiger partial charge in [0, 0.05) is 30.3 Å². The molecule has 0 bridgehead atoms. The van der Waals surface area contributed by atoms with E-state index in [-0.39, 0.29) is 17.2 Å². The van der Waals surface area contributed by atoms with Crippen molar-refractivity contribution in [2.75, 3.05) is 14.2 Å². The lowest BCUT2D eigenvalue weighted by molar-refractivity contribution is 0.354. The third-order valence-corrected chi connectivity index (χ3v) is 3.83. The smallest absolute Gasteiger partial charge is 0.168 e. The monoisotopic (exact) mass is 338 g/mol. The summed E-state index contributed by atoms with van der Waals surface area (Å²) in [6.45, 7) is 0. The third-order valence-electron chi connectivity index (χ3n) is 3.83. The molecule has 2 aromatic carbocycles. The van der Waals surface area contributed by atoms with Crippen molar-refractivity contribution in [2.45, 2.75) is 6.42 Å². The minimum Gasteiger partial charge on any atom is -0.507 e. The topological polar surface area (TPSA) is 84.2 Å². The normalized spacial score (nSPS) is 11.1. The number of phenolic OH excluding ortho intramolecular Hbond substituents is 2. The van der Waals surface area contributed by atoms with Crippen LogP contribution in [0.1, 0.15) is 5.56 Å². The molecule has 0 aliphatic carbocycles. The number of rotatable bonds is 5. The van der Waals surface area contributed by atoms with E-state index in [1.54, 1.807) is 38.8 Å². The van der Waals surface area contributed by atoms with Gasteiger partial charge in [0.1, 0.15) is 17.0 Å². The molecule has 3 aromatic rings. The quantitative estimate of drug-likeness (QED) is 0.548. The average Bonchev–Trinajstić information content (AvgIpc) is 2.65. The first-order chi connectivity index (χ1) is 12.1. The van der Waals surface area contributed by atoms with E-state index in [9.17, 15) is 10.2 Å². The molecule has 6 nitrogen and oxygen atoms in total. The molecule has 0 aliphatic rings. The average molecular weight is 338 g/mol. The van der Waals surface area contributed by atoms with E-state index in [4.69, 9.17) is 9.47 Å². The summed E-state index contributed by atoms with van der Waals surface area (Å²) in [6, 6.07) is 10.4. The van der Waals surface area contributed by atoms with Crippen molar-refractivity contribution in [2.24, 2.45) is 4.99 Å². The number of fused-ring (bicyclic) bond motifs is 1. The molecule has 2 N–H and O–H groups in total. The Hall–Kier alpha value is -3.28. The molecule has 0 aliphatic heterocycles. The number of aromatic hydroxyl groups is 2. The van der Waals surface area contributed by atoms with Crippen molar-refractivity contribution in [3.8, 4) is 23.0 Å². The third kappa shape index (κ3) is 3.33. The van der Waals surface area contributed by atoms with E-state index < -0.39 is 0 Å². The standard InChI is InChI=1S/C19H18N2O4/c1-24-16-6-5-12(10-17(16)25-2)7-9-20-14-11-15(22)13-4-3-8-21-18(13)19(14)23/h3-6,8-11,22-23H,7H2,1-2H3. The first-order valence-electron chi connectivity index (χ1n) is 7.67. The minimum atomic E-state index is -0.0584. The van der Waals surface area contributed by atoms with E-state index >= 15 is 0 Å². The largest absolute Gasteiger partial charge is 0.507 e. The summed E-state index contributed by atoms with van der Waals surface area (Å²) in [7, 11) is 3.17. The highest BCUT2D eigenvalue weighted by atomic mass is 16.5. The summed E-state index contributed by atoms with van der Waals surface area (Å²) in [6.07, 6.45) is 3.74. The van der Waals surface area contributed by atoms with Crippen molar-refractivity contribution >= 4 is 22.8 Å². The highest BCUT2D eigenvalue weighted by molar-refractivity contribution is 5.94. The van der Waals surface area contributed by atoms with Crippen LogP contribution in [-0.4, -0.2) is 35.6 Å². The van der Waals surface area contributed by atoms with Crippen LogP contribution in [0.4, 0.5) is 5.69 Å². The highest BCUT2D eigenvalue weighted by Crippen LogP contribution is 2.38. The molecule has 3 rings (SSSR count). The van der Waals surface area contributed by atoms with Gasteiger partial charge in [0.15, 0.2) is 17.2 Å². The zero-order valence-corrected chi connectivity index (χ0v) is 13.9. The van der Waals surface area contributed by atoms with Crippen molar-refractivity contribution in [1.29, 1.82) is 0 Å². The molecule has 0 fully saturated rings. The van der Waals surface area contributed by atoms with E-state index in [1.807, 2.05) is 18.2 Å². The van der Waals surface area contributed by atoms with Crippen molar-refractivity contribution in [3.63, 3.8) is 0 Å². The zero-order valence-electron chi connectivity index (χ0n) is 13.9. The lowest BCUT2D eigenvalue weighted by Crippen LogP contribution is -1.93. The Morgan fingerprint density at radius 1 is 1.08 bits per heavy atom. The number of methoxy groups -OCH3 is 2. The lowest BCUT2D eigenvalue weighted by Gasteiger charge is -2.08. The van der Waals surface area contributed by atoms with E-state index in [0.29, 0.717) is 28.8 Å². The van der Waals surface area contributed by atoms with Gasteiger partial charge in [-0.05, 0) is 29.8 Å². The molecule has 0 spiro atoms. The van der Waals surface area contributed by atoms with Crippen LogP contribution in [0.2, 0.25) is 0 Å². The molecule has 0 saturated carbocycles. The molecule has 0 saturated heterocycles. The van der Waals surface area contributed by atoms with Crippen LogP contribution in [0.3, 0.4) is 0 Å². The van der Waals surface area contributed by atoms with Gasteiger partial charge in [0.05, 0.1) is 14.2 Å². The van der Waals surface area contributed by atoms with E-state index in [2.05, 4.69) is 9.98 Å². The molecule has 128 valence electrons. The maximum absolute atomic E-state index is 10.3. The van der Waals surface area contributed by atoms with Crippen molar-refractivity contribution in [3.05, 3.63) is 48.2 Å². The van der Waals surface area contributed by atoms with Crippen LogP contribution in [0.25, 0.3) is 10.9 Å². The van der Waals surface area contributed by atoms with Gasteiger partial charge in [-0.1, -0.05) is 6.07 Å². The Bertz CT molecular complexity index is 938. The van der Waals surface area contributed by atoms with Gasteiger partial charge in [0.25, 0.3) is 0 Å². The van der Waals surface area contributed by atoms with Gasteiger partial charge >= 0.3 is 0 Å². The maximum Gasteiger partial charge on any atom is 0.168 e. The summed E-state index contributed by atoms with van der Waals surface area (Å²) in [5.41, 5.74) is 1.56. The maximum atomic E-state index is 10.3. The molecule has 0 radical (unpaired) electrons. The number of aliphatic imine (C=N–C) groups is 1. The fourth-order valence-electron chi connectivity index (χ4n) is 2.55. The Balaban J connectivity index is 1.85. The predicted molar refractivity (Wildman–Crippen MR) is 96.5 cm³/mol. The van der Waals surface area contributed by atoms with Crippen LogP contribution in [0.15, 0.2) is 47.6 Å². The molecule has 0 atom stereocenters. The Kier molecular flexibility index (Phi) is 4.70. The van der Waals surface area contributed by atoms with Crippen LogP contribution >= 0.6 is 0 Å². The zero-order chi connectivity index (χ0) is 17.8. The Morgan fingerprint density at radius 2 is 1.88 bits per heavy atom. The molecular weight excluding hydrogens is 320 g/mol. The molecular formula is C19H18N2O4. The van der Waals surface area contributed by atoms with Gasteiger partial charge in [-0.3, -0.25) is 9.98 Å². The van der Waals surface area contributed by atoms with Crippen molar-refractivity contribution in [1.82, 2.24) is 4.98 Å². The second-order valence-corrected chi connectivity index (χ2v) is 5.37. The highest BCUT2D eigenvalue weighted by Gasteiger charge is 2.11. The van der Waals surface area contributed by atoms with E-state index in [0.717, 1.165) is 5.56 Å². The number of benzene rings is 2. The van der Waals surface area contributed by atoms with Crippen molar-refractivity contribution < 1.29 is 19.7 Å². The van der Waals surface area contributed by atoms with Gasteiger partial charge < -0.3 is 19.7 Å². The number of aromatic nitrogens is 1. The summed E-state index contributed by atoms with van der Waals surface area (Å²) >= 11 is 0. The first-order valence-corrected chi connectivity index (χ1v) is 7.67.